The molecule has 3 rings (SSSR count). The number of rotatable bonds is 1. The molecule has 0 radical (unpaired) electrons. The number of halogens is 3. The molecular formula is C14H7ClF2N2. The van der Waals surface area contributed by atoms with Gasteiger partial charge >= 0.3 is 0 Å². The van der Waals surface area contributed by atoms with Crippen LogP contribution in [0.5, 0.6) is 0 Å². The molecule has 2 aromatic carbocycles. The molecule has 0 amide bonds. The van der Waals surface area contributed by atoms with E-state index in [0.29, 0.717) is 22.0 Å². The molecule has 19 heavy (non-hydrogen) atoms. The number of hydrogen-bond donors (Lipinski definition) is 0. The van der Waals surface area contributed by atoms with Crippen LogP contribution in [0.2, 0.25) is 5.15 Å². The third-order valence-electron chi connectivity index (χ3n) is 2.78. The fraction of sp³-hybridized carbons (Fsp3) is 0. The van der Waals surface area contributed by atoms with E-state index in [0.717, 1.165) is 6.07 Å². The van der Waals surface area contributed by atoms with Gasteiger partial charge in [0.05, 0.1) is 0 Å². The Balaban J connectivity index is 2.34. The second-order valence-electron chi connectivity index (χ2n) is 4.04. The third-order valence-corrected chi connectivity index (χ3v) is 3.06. The zero-order chi connectivity index (χ0) is 13.4. The Morgan fingerprint density at radius 3 is 2.16 bits per heavy atom. The van der Waals surface area contributed by atoms with Crippen LogP contribution in [0, 0.1) is 11.6 Å². The van der Waals surface area contributed by atoms with Crippen molar-refractivity contribution in [1.82, 2.24) is 10.2 Å². The van der Waals surface area contributed by atoms with E-state index in [2.05, 4.69) is 10.2 Å². The summed E-state index contributed by atoms with van der Waals surface area (Å²) in [5, 5.41) is 9.41. The van der Waals surface area contributed by atoms with Gasteiger partial charge in [-0.15, -0.1) is 10.2 Å². The van der Waals surface area contributed by atoms with Crippen LogP contribution in [0.15, 0.2) is 42.5 Å². The molecule has 0 aliphatic rings. The maximum absolute atomic E-state index is 13.3. The normalized spacial score (nSPS) is 10.9. The first-order chi connectivity index (χ1) is 9.15. The number of nitrogens with zero attached hydrogens (tertiary/aromatic N) is 2. The van der Waals surface area contributed by atoms with Gasteiger partial charge in [-0.05, 0) is 12.1 Å². The van der Waals surface area contributed by atoms with Gasteiger partial charge in [0, 0.05) is 22.4 Å². The van der Waals surface area contributed by atoms with E-state index in [4.69, 9.17) is 11.6 Å². The van der Waals surface area contributed by atoms with E-state index in [-0.39, 0.29) is 5.15 Å². The van der Waals surface area contributed by atoms with Crippen LogP contribution in [-0.2, 0) is 0 Å². The molecule has 94 valence electrons. The molecule has 1 heterocycles. The van der Waals surface area contributed by atoms with Crippen LogP contribution in [0.3, 0.4) is 0 Å². The summed E-state index contributed by atoms with van der Waals surface area (Å²) in [5.74, 6) is -1.31. The van der Waals surface area contributed by atoms with Crippen molar-refractivity contribution in [2.45, 2.75) is 0 Å². The average Bonchev–Trinajstić information content (AvgIpc) is 2.38. The molecule has 0 N–H and O–H groups in total. The number of fused-ring (bicyclic) bond motifs is 1. The second kappa shape index (κ2) is 4.55. The topological polar surface area (TPSA) is 25.8 Å². The molecule has 2 nitrogen and oxygen atoms in total. The highest BCUT2D eigenvalue weighted by atomic mass is 35.5. The SMILES string of the molecule is Fc1cc(F)cc(-c2nnc(Cl)c3ccccc23)c1. The van der Waals surface area contributed by atoms with Gasteiger partial charge in [0.15, 0.2) is 5.15 Å². The summed E-state index contributed by atoms with van der Waals surface area (Å²) in [7, 11) is 0. The molecule has 0 spiro atoms. The minimum Gasteiger partial charge on any atom is -0.207 e. The summed E-state index contributed by atoms with van der Waals surface area (Å²) in [5.41, 5.74) is 0.733. The van der Waals surface area contributed by atoms with E-state index < -0.39 is 11.6 Å². The van der Waals surface area contributed by atoms with Crippen LogP contribution in [-0.4, -0.2) is 10.2 Å². The van der Waals surface area contributed by atoms with Gasteiger partial charge in [0.2, 0.25) is 0 Å². The van der Waals surface area contributed by atoms with Gasteiger partial charge in [-0.2, -0.15) is 0 Å². The van der Waals surface area contributed by atoms with Gasteiger partial charge in [-0.1, -0.05) is 35.9 Å². The minimum absolute atomic E-state index is 0.260. The Kier molecular flexibility index (Phi) is 2.87. The highest BCUT2D eigenvalue weighted by Crippen LogP contribution is 2.30. The standard InChI is InChI=1S/C14H7ClF2N2/c15-14-12-4-2-1-3-11(12)13(18-19-14)8-5-9(16)7-10(17)6-8/h1-7H. The van der Waals surface area contributed by atoms with Crippen LogP contribution in [0.1, 0.15) is 0 Å². The molecule has 1 aromatic heterocycles. The Morgan fingerprint density at radius 1 is 0.842 bits per heavy atom. The van der Waals surface area contributed by atoms with Gasteiger partial charge in [0.1, 0.15) is 17.3 Å². The molecule has 0 unspecified atom stereocenters. The van der Waals surface area contributed by atoms with E-state index in [1.807, 2.05) is 6.07 Å². The molecule has 0 saturated heterocycles. The first kappa shape index (κ1) is 12.0. The minimum atomic E-state index is -0.657. The summed E-state index contributed by atoms with van der Waals surface area (Å²) >= 11 is 5.96. The smallest absolute Gasteiger partial charge is 0.159 e. The van der Waals surface area contributed by atoms with Gasteiger partial charge in [-0.25, -0.2) is 8.78 Å². The predicted molar refractivity (Wildman–Crippen MR) is 69.9 cm³/mol. The van der Waals surface area contributed by atoms with E-state index in [9.17, 15) is 8.78 Å². The summed E-state index contributed by atoms with van der Waals surface area (Å²) in [6.45, 7) is 0. The Labute approximate surface area is 112 Å². The lowest BCUT2D eigenvalue weighted by atomic mass is 10.1. The monoisotopic (exact) mass is 276 g/mol. The lowest BCUT2D eigenvalue weighted by Crippen LogP contribution is -1.93. The molecule has 0 fully saturated rings. The van der Waals surface area contributed by atoms with Gasteiger partial charge in [-0.3, -0.25) is 0 Å². The molecule has 3 aromatic rings. The van der Waals surface area contributed by atoms with Crippen molar-refractivity contribution in [2.24, 2.45) is 0 Å². The number of hydrogen-bond acceptors (Lipinski definition) is 2. The van der Waals surface area contributed by atoms with Crippen molar-refractivity contribution in [3.8, 4) is 11.3 Å². The van der Waals surface area contributed by atoms with Crippen molar-refractivity contribution < 1.29 is 8.78 Å². The Bertz CT molecular complexity index is 754. The molecule has 0 bridgehead atoms. The quantitative estimate of drug-likeness (QED) is 0.665. The average molecular weight is 277 g/mol. The lowest BCUT2D eigenvalue weighted by molar-refractivity contribution is 0.584. The van der Waals surface area contributed by atoms with E-state index >= 15 is 0 Å². The second-order valence-corrected chi connectivity index (χ2v) is 4.40. The zero-order valence-corrected chi connectivity index (χ0v) is 10.3. The van der Waals surface area contributed by atoms with Gasteiger partial charge in [0.25, 0.3) is 0 Å². The molecule has 0 aliphatic carbocycles. The summed E-state index contributed by atoms with van der Waals surface area (Å²) in [6.07, 6.45) is 0. The third kappa shape index (κ3) is 2.15. The van der Waals surface area contributed by atoms with E-state index in [1.165, 1.54) is 12.1 Å². The molecule has 0 saturated carbocycles. The van der Waals surface area contributed by atoms with Crippen molar-refractivity contribution in [1.29, 1.82) is 0 Å². The summed E-state index contributed by atoms with van der Waals surface area (Å²) in [4.78, 5) is 0. The van der Waals surface area contributed by atoms with Crippen molar-refractivity contribution in [3.63, 3.8) is 0 Å². The molecule has 5 heteroatoms. The molecule has 0 aliphatic heterocycles. The fourth-order valence-corrected chi connectivity index (χ4v) is 2.18. The van der Waals surface area contributed by atoms with Crippen molar-refractivity contribution in [2.75, 3.05) is 0 Å². The van der Waals surface area contributed by atoms with Crippen molar-refractivity contribution in [3.05, 3.63) is 59.3 Å². The molecule has 0 atom stereocenters. The predicted octanol–water partition coefficient (Wildman–Crippen LogP) is 4.23. The zero-order valence-electron chi connectivity index (χ0n) is 9.57. The maximum atomic E-state index is 13.3. The molecular weight excluding hydrogens is 270 g/mol. The largest absolute Gasteiger partial charge is 0.207 e. The van der Waals surface area contributed by atoms with Crippen LogP contribution in [0.25, 0.3) is 22.0 Å². The van der Waals surface area contributed by atoms with Crippen molar-refractivity contribution >= 4 is 22.4 Å². The Hall–Kier alpha value is -2.07. The van der Waals surface area contributed by atoms with Crippen LogP contribution < -0.4 is 0 Å². The lowest BCUT2D eigenvalue weighted by Gasteiger charge is -2.06. The summed E-state index contributed by atoms with van der Waals surface area (Å²) < 4.78 is 26.6. The summed E-state index contributed by atoms with van der Waals surface area (Å²) in [6, 6.07) is 10.4. The van der Waals surface area contributed by atoms with Crippen LogP contribution in [0.4, 0.5) is 8.78 Å². The fourth-order valence-electron chi connectivity index (χ4n) is 1.97. The number of benzene rings is 2. The highest BCUT2D eigenvalue weighted by Gasteiger charge is 2.11. The van der Waals surface area contributed by atoms with Gasteiger partial charge < -0.3 is 0 Å². The first-order valence-electron chi connectivity index (χ1n) is 5.52. The maximum Gasteiger partial charge on any atom is 0.159 e. The highest BCUT2D eigenvalue weighted by molar-refractivity contribution is 6.34. The number of aromatic nitrogens is 2. The first-order valence-corrected chi connectivity index (χ1v) is 5.90. The Morgan fingerprint density at radius 2 is 1.47 bits per heavy atom. The van der Waals surface area contributed by atoms with E-state index in [1.54, 1.807) is 18.2 Å². The van der Waals surface area contributed by atoms with Crippen LogP contribution >= 0.6 is 11.6 Å².